The molecular formula is C12H21Cl2N3. The molecule has 1 unspecified atom stereocenters. The number of benzene rings is 1. The number of rotatable bonds is 3. The SMILES string of the molecule is Cl.Cl.NNC1CCCN(Cc2ccccc2)C1. The highest BCUT2D eigenvalue weighted by Gasteiger charge is 2.18. The van der Waals surface area contributed by atoms with Gasteiger partial charge in [0.2, 0.25) is 0 Å². The van der Waals surface area contributed by atoms with Crippen LogP contribution >= 0.6 is 24.8 Å². The molecule has 0 radical (unpaired) electrons. The zero-order valence-electron chi connectivity index (χ0n) is 9.84. The first-order valence-electron chi connectivity index (χ1n) is 5.61. The Balaban J connectivity index is 0.00000128. The minimum Gasteiger partial charge on any atom is -0.297 e. The Labute approximate surface area is 116 Å². The number of nitrogens with zero attached hydrogens (tertiary/aromatic N) is 1. The van der Waals surface area contributed by atoms with Crippen molar-refractivity contribution in [3.8, 4) is 0 Å². The smallest absolute Gasteiger partial charge is 0.0338 e. The Bertz CT molecular complexity index is 295. The summed E-state index contributed by atoms with van der Waals surface area (Å²) in [6.07, 6.45) is 2.43. The van der Waals surface area contributed by atoms with E-state index in [1.54, 1.807) is 0 Å². The molecule has 0 aliphatic carbocycles. The molecule has 3 nitrogen and oxygen atoms in total. The van der Waals surface area contributed by atoms with Gasteiger partial charge in [-0.1, -0.05) is 30.3 Å². The molecule has 1 atom stereocenters. The van der Waals surface area contributed by atoms with Gasteiger partial charge in [-0.3, -0.25) is 16.2 Å². The minimum absolute atomic E-state index is 0. The van der Waals surface area contributed by atoms with Crippen LogP contribution < -0.4 is 11.3 Å². The van der Waals surface area contributed by atoms with Gasteiger partial charge in [0.05, 0.1) is 0 Å². The first kappa shape index (κ1) is 16.7. The van der Waals surface area contributed by atoms with Crippen molar-refractivity contribution in [2.45, 2.75) is 25.4 Å². The molecule has 0 saturated carbocycles. The van der Waals surface area contributed by atoms with E-state index < -0.39 is 0 Å². The maximum atomic E-state index is 5.48. The Morgan fingerprint density at radius 3 is 2.59 bits per heavy atom. The first-order valence-corrected chi connectivity index (χ1v) is 5.61. The summed E-state index contributed by atoms with van der Waals surface area (Å²) in [5.41, 5.74) is 4.26. The Hall–Kier alpha value is -0.320. The summed E-state index contributed by atoms with van der Waals surface area (Å²) in [7, 11) is 0. The van der Waals surface area contributed by atoms with E-state index in [1.807, 2.05) is 0 Å². The number of hydrogen-bond donors (Lipinski definition) is 2. The molecule has 98 valence electrons. The van der Waals surface area contributed by atoms with Crippen molar-refractivity contribution in [1.82, 2.24) is 10.3 Å². The molecule has 5 heteroatoms. The predicted octanol–water partition coefficient (Wildman–Crippen LogP) is 1.96. The van der Waals surface area contributed by atoms with Crippen LogP contribution in [0.4, 0.5) is 0 Å². The van der Waals surface area contributed by atoms with Crippen LogP contribution in [-0.2, 0) is 6.54 Å². The van der Waals surface area contributed by atoms with Gasteiger partial charge < -0.3 is 0 Å². The summed E-state index contributed by atoms with van der Waals surface area (Å²) in [5.74, 6) is 5.48. The maximum Gasteiger partial charge on any atom is 0.0338 e. The summed E-state index contributed by atoms with van der Waals surface area (Å²) < 4.78 is 0. The highest BCUT2D eigenvalue weighted by molar-refractivity contribution is 5.85. The van der Waals surface area contributed by atoms with Gasteiger partial charge in [0.25, 0.3) is 0 Å². The van der Waals surface area contributed by atoms with Gasteiger partial charge in [-0.2, -0.15) is 0 Å². The molecule has 3 N–H and O–H groups in total. The predicted molar refractivity (Wildman–Crippen MR) is 76.6 cm³/mol. The van der Waals surface area contributed by atoms with E-state index in [2.05, 4.69) is 40.7 Å². The Morgan fingerprint density at radius 1 is 1.24 bits per heavy atom. The Kier molecular flexibility index (Phi) is 8.56. The van der Waals surface area contributed by atoms with E-state index >= 15 is 0 Å². The molecule has 1 saturated heterocycles. The van der Waals surface area contributed by atoms with E-state index in [0.29, 0.717) is 6.04 Å². The molecule has 1 aromatic rings. The average molecular weight is 278 g/mol. The van der Waals surface area contributed by atoms with Crippen LogP contribution in [0, 0.1) is 0 Å². The Morgan fingerprint density at radius 2 is 1.94 bits per heavy atom. The number of halogens is 2. The lowest BCUT2D eigenvalue weighted by atomic mass is 10.1. The van der Waals surface area contributed by atoms with Gasteiger partial charge in [0.15, 0.2) is 0 Å². The minimum atomic E-state index is 0. The normalized spacial score (nSPS) is 20.2. The standard InChI is InChI=1S/C12H19N3.2ClH/c13-14-12-7-4-8-15(10-12)9-11-5-2-1-3-6-11;;/h1-3,5-6,12,14H,4,7-10,13H2;2*1H. The fourth-order valence-electron chi connectivity index (χ4n) is 2.18. The van der Waals surface area contributed by atoms with Gasteiger partial charge in [0, 0.05) is 19.1 Å². The fourth-order valence-corrected chi connectivity index (χ4v) is 2.18. The third-order valence-electron chi connectivity index (χ3n) is 2.99. The van der Waals surface area contributed by atoms with Crippen LogP contribution in [0.25, 0.3) is 0 Å². The van der Waals surface area contributed by atoms with E-state index in [-0.39, 0.29) is 24.8 Å². The molecular weight excluding hydrogens is 257 g/mol. The lowest BCUT2D eigenvalue weighted by molar-refractivity contribution is 0.184. The third kappa shape index (κ3) is 5.23. The van der Waals surface area contributed by atoms with Gasteiger partial charge >= 0.3 is 0 Å². The average Bonchev–Trinajstić information content (AvgIpc) is 2.31. The highest BCUT2D eigenvalue weighted by Crippen LogP contribution is 2.12. The number of likely N-dealkylation sites (tertiary alicyclic amines) is 1. The molecule has 17 heavy (non-hydrogen) atoms. The first-order chi connectivity index (χ1) is 7.38. The number of piperidine rings is 1. The van der Waals surface area contributed by atoms with Gasteiger partial charge in [-0.25, -0.2) is 0 Å². The fraction of sp³-hybridized carbons (Fsp3) is 0.500. The molecule has 2 rings (SSSR count). The summed E-state index contributed by atoms with van der Waals surface area (Å²) >= 11 is 0. The van der Waals surface area contributed by atoms with Gasteiger partial charge in [-0.15, -0.1) is 24.8 Å². The largest absolute Gasteiger partial charge is 0.297 e. The van der Waals surface area contributed by atoms with Gasteiger partial charge in [-0.05, 0) is 24.9 Å². The zero-order chi connectivity index (χ0) is 10.5. The molecule has 1 heterocycles. The second-order valence-corrected chi connectivity index (χ2v) is 4.23. The number of hydrazine groups is 1. The molecule has 1 aliphatic heterocycles. The van der Waals surface area contributed by atoms with Crippen LogP contribution in [0.3, 0.4) is 0 Å². The number of hydrogen-bond acceptors (Lipinski definition) is 3. The number of nitrogens with two attached hydrogens (primary N) is 1. The summed E-state index contributed by atoms with van der Waals surface area (Å²) in [6.45, 7) is 3.29. The van der Waals surface area contributed by atoms with Crippen LogP contribution in [0.1, 0.15) is 18.4 Å². The van der Waals surface area contributed by atoms with Crippen LogP contribution in [-0.4, -0.2) is 24.0 Å². The van der Waals surface area contributed by atoms with Crippen molar-refractivity contribution in [3.63, 3.8) is 0 Å². The summed E-state index contributed by atoms with van der Waals surface area (Å²) in [5, 5.41) is 0. The van der Waals surface area contributed by atoms with Crippen molar-refractivity contribution in [2.24, 2.45) is 5.84 Å². The van der Waals surface area contributed by atoms with Crippen LogP contribution in [0.5, 0.6) is 0 Å². The van der Waals surface area contributed by atoms with E-state index in [1.165, 1.54) is 24.9 Å². The van der Waals surface area contributed by atoms with Crippen molar-refractivity contribution in [3.05, 3.63) is 35.9 Å². The van der Waals surface area contributed by atoms with Crippen LogP contribution in [0.15, 0.2) is 30.3 Å². The molecule has 1 fully saturated rings. The molecule has 1 aromatic carbocycles. The van der Waals surface area contributed by atoms with E-state index in [9.17, 15) is 0 Å². The monoisotopic (exact) mass is 277 g/mol. The zero-order valence-corrected chi connectivity index (χ0v) is 11.5. The molecule has 1 aliphatic rings. The molecule has 0 spiro atoms. The quantitative estimate of drug-likeness (QED) is 0.656. The van der Waals surface area contributed by atoms with Crippen molar-refractivity contribution in [1.29, 1.82) is 0 Å². The lowest BCUT2D eigenvalue weighted by Crippen LogP contribution is -2.47. The molecule has 0 aromatic heterocycles. The molecule has 0 bridgehead atoms. The molecule has 0 amide bonds. The van der Waals surface area contributed by atoms with E-state index in [0.717, 1.165) is 13.1 Å². The van der Waals surface area contributed by atoms with Crippen molar-refractivity contribution >= 4 is 24.8 Å². The summed E-state index contributed by atoms with van der Waals surface area (Å²) in [6, 6.07) is 11.1. The number of nitrogens with one attached hydrogen (secondary N) is 1. The summed E-state index contributed by atoms with van der Waals surface area (Å²) in [4.78, 5) is 2.46. The highest BCUT2D eigenvalue weighted by atomic mass is 35.5. The van der Waals surface area contributed by atoms with Crippen LogP contribution in [0.2, 0.25) is 0 Å². The van der Waals surface area contributed by atoms with E-state index in [4.69, 9.17) is 5.84 Å². The topological polar surface area (TPSA) is 41.3 Å². The second-order valence-electron chi connectivity index (χ2n) is 4.23. The second kappa shape index (κ2) is 8.72. The van der Waals surface area contributed by atoms with Crippen molar-refractivity contribution < 1.29 is 0 Å². The third-order valence-corrected chi connectivity index (χ3v) is 2.99. The lowest BCUT2D eigenvalue weighted by Gasteiger charge is -2.32. The van der Waals surface area contributed by atoms with Crippen molar-refractivity contribution in [2.75, 3.05) is 13.1 Å². The van der Waals surface area contributed by atoms with Gasteiger partial charge in [0.1, 0.15) is 0 Å². The maximum absolute atomic E-state index is 5.48.